The van der Waals surface area contributed by atoms with Crippen molar-refractivity contribution in [2.24, 2.45) is 0 Å². The monoisotopic (exact) mass is 493 g/mol. The van der Waals surface area contributed by atoms with Gasteiger partial charge in [-0.2, -0.15) is 0 Å². The second kappa shape index (κ2) is 16.5. The standard InChI is InChI=1S/C31H11NO4S/c1-2-3-4-5-6-7-8-9-10-11-12-13-14-15-16-19-25-32-28-22-17-18-23-29(28)37-30(32)24-20-21-27(26-36-35)31(33)34/h1,17-18,20-24,26,35H,(H,33,34)/b21-20+,27-26-,30-24-. The summed E-state index contributed by atoms with van der Waals surface area (Å²) in [4.78, 5) is 17.6. The number of thioether (sulfide) groups is 1. The van der Waals surface area contributed by atoms with Crippen molar-refractivity contribution in [3.8, 4) is 107 Å². The lowest BCUT2D eigenvalue weighted by Gasteiger charge is -2.10. The third-order valence-corrected chi connectivity index (χ3v) is 4.69. The summed E-state index contributed by atoms with van der Waals surface area (Å²) in [6.07, 6.45) is 10.1. The highest BCUT2D eigenvalue weighted by molar-refractivity contribution is 8.03. The molecule has 170 valence electrons. The van der Waals surface area contributed by atoms with E-state index in [1.165, 1.54) is 23.9 Å². The smallest absolute Gasteiger partial charge is 0.338 e. The molecule has 2 N–H and O–H groups in total. The van der Waals surface area contributed by atoms with Crippen LogP contribution >= 0.6 is 11.8 Å². The molecule has 0 amide bonds. The first-order valence-electron chi connectivity index (χ1n) is 9.82. The third kappa shape index (κ3) is 10.1. The molecule has 0 unspecified atom stereocenters. The van der Waals surface area contributed by atoms with E-state index in [9.17, 15) is 4.79 Å². The van der Waals surface area contributed by atoms with E-state index in [1.807, 2.05) is 24.3 Å². The Morgan fingerprint density at radius 1 is 0.865 bits per heavy atom. The summed E-state index contributed by atoms with van der Waals surface area (Å²) < 4.78 is 0. The maximum Gasteiger partial charge on any atom is 0.338 e. The van der Waals surface area contributed by atoms with Crippen LogP contribution in [0.25, 0.3) is 0 Å². The fourth-order valence-electron chi connectivity index (χ4n) is 2.21. The van der Waals surface area contributed by atoms with Gasteiger partial charge in [0.2, 0.25) is 0 Å². The van der Waals surface area contributed by atoms with Gasteiger partial charge in [0, 0.05) is 58.3 Å². The van der Waals surface area contributed by atoms with Crippen LogP contribution in [-0.2, 0) is 9.68 Å². The van der Waals surface area contributed by atoms with Crippen molar-refractivity contribution in [1.29, 1.82) is 0 Å². The fourth-order valence-corrected chi connectivity index (χ4v) is 3.22. The second-order valence-electron chi connectivity index (χ2n) is 5.88. The second-order valence-corrected chi connectivity index (χ2v) is 6.95. The van der Waals surface area contributed by atoms with Gasteiger partial charge in [0.15, 0.2) is 0 Å². The summed E-state index contributed by atoms with van der Waals surface area (Å²) in [7, 11) is 0. The van der Waals surface area contributed by atoms with Crippen LogP contribution in [0.4, 0.5) is 5.69 Å². The number of carboxylic acid groups (broad SMARTS) is 1. The van der Waals surface area contributed by atoms with Crippen LogP contribution in [0.1, 0.15) is 0 Å². The molecule has 5 nitrogen and oxygen atoms in total. The highest BCUT2D eigenvalue weighted by Gasteiger charge is 2.23. The van der Waals surface area contributed by atoms with E-state index < -0.39 is 5.97 Å². The Bertz CT molecular complexity index is 1730. The van der Waals surface area contributed by atoms with E-state index in [2.05, 4.69) is 106 Å². The molecule has 0 aromatic heterocycles. The van der Waals surface area contributed by atoms with E-state index in [4.69, 9.17) is 16.8 Å². The van der Waals surface area contributed by atoms with Gasteiger partial charge in [-0.05, 0) is 71.6 Å². The number of nitrogens with zero attached hydrogens (tertiary/aromatic N) is 1. The van der Waals surface area contributed by atoms with Gasteiger partial charge in [0.25, 0.3) is 0 Å². The first-order valence-corrected chi connectivity index (χ1v) is 10.6. The number of anilines is 1. The summed E-state index contributed by atoms with van der Waals surface area (Å²) >= 11 is 1.45. The number of para-hydroxylation sites is 1. The molecular weight excluding hydrogens is 482 g/mol. The SMILES string of the molecule is C#CC#CC#CC#CC#CC#CC#CC#CC#CN1/C(=C/C=C/C(=C/OO)C(=O)O)Sc2ccccc21. The molecule has 0 bridgehead atoms. The van der Waals surface area contributed by atoms with E-state index in [-0.39, 0.29) is 5.57 Å². The summed E-state index contributed by atoms with van der Waals surface area (Å²) in [5, 5.41) is 18.3. The molecule has 0 fully saturated rings. The molecule has 6 heteroatoms. The first kappa shape index (κ1) is 27.1. The zero-order valence-corrected chi connectivity index (χ0v) is 19.6. The van der Waals surface area contributed by atoms with E-state index >= 15 is 0 Å². The van der Waals surface area contributed by atoms with Crippen LogP contribution in [0.5, 0.6) is 0 Å². The van der Waals surface area contributed by atoms with Gasteiger partial charge in [-0.15, -0.1) is 6.42 Å². The Hall–Kier alpha value is -6.14. The van der Waals surface area contributed by atoms with Crippen LogP contribution < -0.4 is 4.90 Å². The highest BCUT2D eigenvalue weighted by Crippen LogP contribution is 2.45. The molecule has 0 spiro atoms. The zero-order valence-electron chi connectivity index (χ0n) is 18.8. The van der Waals surface area contributed by atoms with Crippen molar-refractivity contribution in [3.05, 3.63) is 59.4 Å². The minimum absolute atomic E-state index is 0.236. The lowest BCUT2D eigenvalue weighted by molar-refractivity contribution is -0.187. The van der Waals surface area contributed by atoms with Gasteiger partial charge in [0.1, 0.15) is 6.26 Å². The lowest BCUT2D eigenvalue weighted by Crippen LogP contribution is -2.09. The zero-order chi connectivity index (χ0) is 26.6. The number of rotatable bonds is 4. The minimum Gasteiger partial charge on any atom is -0.478 e. The Kier molecular flexibility index (Phi) is 12.1. The average molecular weight is 493 g/mol. The molecule has 1 aliphatic rings. The van der Waals surface area contributed by atoms with Crippen molar-refractivity contribution < 1.29 is 20.0 Å². The topological polar surface area (TPSA) is 70.0 Å². The summed E-state index contributed by atoms with van der Waals surface area (Å²) in [6.45, 7) is 0. The van der Waals surface area contributed by atoms with Crippen LogP contribution in [0.15, 0.2) is 64.3 Å². The van der Waals surface area contributed by atoms with Crippen LogP contribution in [-0.4, -0.2) is 16.3 Å². The molecule has 0 saturated heterocycles. The van der Waals surface area contributed by atoms with Gasteiger partial charge in [0.05, 0.1) is 16.3 Å². The number of hydrogen-bond donors (Lipinski definition) is 2. The number of aliphatic carboxylic acids is 1. The molecule has 2 rings (SSSR count). The number of fused-ring (bicyclic) bond motifs is 1. The van der Waals surface area contributed by atoms with Crippen molar-refractivity contribution in [1.82, 2.24) is 0 Å². The number of terminal acetylenes is 1. The Morgan fingerprint density at radius 2 is 1.41 bits per heavy atom. The normalized spacial score (nSPS) is 10.9. The average Bonchev–Trinajstić information content (AvgIpc) is 3.25. The molecule has 1 aromatic rings. The quantitative estimate of drug-likeness (QED) is 0.168. The van der Waals surface area contributed by atoms with Crippen LogP contribution in [0.3, 0.4) is 0 Å². The van der Waals surface area contributed by atoms with Crippen LogP contribution in [0.2, 0.25) is 0 Å². The summed E-state index contributed by atoms with van der Waals surface area (Å²) in [5.41, 5.74) is 0.625. The van der Waals surface area contributed by atoms with E-state index in [1.54, 1.807) is 11.0 Å². The molecule has 0 atom stereocenters. The van der Waals surface area contributed by atoms with Crippen molar-refractivity contribution in [2.45, 2.75) is 4.90 Å². The van der Waals surface area contributed by atoms with Gasteiger partial charge < -0.3 is 9.99 Å². The van der Waals surface area contributed by atoms with Crippen molar-refractivity contribution in [3.63, 3.8) is 0 Å². The number of carbonyl (C=O) groups is 1. The lowest BCUT2D eigenvalue weighted by atomic mass is 10.2. The predicted molar refractivity (Wildman–Crippen MR) is 142 cm³/mol. The minimum atomic E-state index is -1.25. The third-order valence-electron chi connectivity index (χ3n) is 3.60. The van der Waals surface area contributed by atoms with Crippen LogP contribution in [0, 0.1) is 107 Å². The van der Waals surface area contributed by atoms with Gasteiger partial charge >= 0.3 is 5.97 Å². The van der Waals surface area contributed by atoms with Gasteiger partial charge in [-0.25, -0.2) is 10.1 Å². The van der Waals surface area contributed by atoms with Crippen molar-refractivity contribution in [2.75, 3.05) is 4.90 Å². The number of allylic oxidation sites excluding steroid dienone is 2. The number of benzene rings is 1. The maximum atomic E-state index is 11.1. The first-order chi connectivity index (χ1) is 18.2. The highest BCUT2D eigenvalue weighted by atomic mass is 32.2. The Balaban J connectivity index is 2.09. The maximum absolute atomic E-state index is 11.1. The van der Waals surface area contributed by atoms with Crippen molar-refractivity contribution >= 4 is 23.4 Å². The number of hydrogen-bond acceptors (Lipinski definition) is 5. The largest absolute Gasteiger partial charge is 0.478 e. The molecule has 0 aliphatic carbocycles. The summed E-state index contributed by atoms with van der Waals surface area (Å²) in [6, 6.07) is 10.6. The van der Waals surface area contributed by atoms with E-state index in [0.29, 0.717) is 6.26 Å². The number of carboxylic acids is 1. The predicted octanol–water partition coefficient (Wildman–Crippen LogP) is 3.07. The molecule has 0 saturated carbocycles. The molecule has 1 aliphatic heterocycles. The Morgan fingerprint density at radius 3 is 1.95 bits per heavy atom. The summed E-state index contributed by atoms with van der Waals surface area (Å²) in [5.74, 6) is 38.6. The molecule has 0 radical (unpaired) electrons. The molecule has 37 heavy (non-hydrogen) atoms. The Labute approximate surface area is 219 Å². The molecular formula is C31H11NO4S. The molecule has 1 aromatic carbocycles. The van der Waals surface area contributed by atoms with Gasteiger partial charge in [-0.3, -0.25) is 4.90 Å². The van der Waals surface area contributed by atoms with Gasteiger partial charge in [-0.1, -0.05) is 30.0 Å². The fraction of sp³-hybridized carbons (Fsp3) is 0. The van der Waals surface area contributed by atoms with E-state index in [0.717, 1.165) is 15.6 Å². The molecule has 1 heterocycles.